The summed E-state index contributed by atoms with van der Waals surface area (Å²) in [6.45, 7) is 0. The van der Waals surface area contributed by atoms with Gasteiger partial charge in [-0.25, -0.2) is 4.90 Å². The van der Waals surface area contributed by atoms with E-state index >= 15 is 0 Å². The number of benzene rings is 1. The fourth-order valence-corrected chi connectivity index (χ4v) is 1.61. The second-order valence-electron chi connectivity index (χ2n) is 3.38. The lowest BCUT2D eigenvalue weighted by Gasteiger charge is -2.17. The molecule has 17 heavy (non-hydrogen) atoms. The maximum Gasteiger partial charge on any atom is 0.258 e. The molecule has 2 amide bonds. The Morgan fingerprint density at radius 1 is 1.00 bits per heavy atom. The molecule has 0 aromatic heterocycles. The monoisotopic (exact) mass is 233 g/mol. The summed E-state index contributed by atoms with van der Waals surface area (Å²) in [6, 6.07) is 4.89. The summed E-state index contributed by atoms with van der Waals surface area (Å²) < 4.78 is 10.2. The van der Waals surface area contributed by atoms with E-state index in [1.165, 1.54) is 26.4 Å². The topological polar surface area (TPSA) is 55.8 Å². The first-order chi connectivity index (χ1) is 8.17. The lowest BCUT2D eigenvalue weighted by molar-refractivity contribution is -0.120. The van der Waals surface area contributed by atoms with Crippen LogP contribution in [0.4, 0.5) is 5.69 Å². The largest absolute Gasteiger partial charge is 0.497 e. The summed E-state index contributed by atoms with van der Waals surface area (Å²) in [5.74, 6) is 0.254. The third kappa shape index (κ3) is 1.87. The van der Waals surface area contributed by atoms with E-state index in [9.17, 15) is 9.59 Å². The Hall–Kier alpha value is -2.30. The van der Waals surface area contributed by atoms with Gasteiger partial charge in [0.25, 0.3) is 11.8 Å². The first-order valence-electron chi connectivity index (χ1n) is 4.95. The zero-order chi connectivity index (χ0) is 12.4. The van der Waals surface area contributed by atoms with Crippen molar-refractivity contribution in [1.29, 1.82) is 0 Å². The maximum atomic E-state index is 11.5. The highest BCUT2D eigenvalue weighted by molar-refractivity contribution is 6.28. The van der Waals surface area contributed by atoms with E-state index in [0.717, 1.165) is 4.90 Å². The van der Waals surface area contributed by atoms with Gasteiger partial charge in [0.05, 0.1) is 19.9 Å². The maximum absolute atomic E-state index is 11.5. The van der Waals surface area contributed by atoms with Gasteiger partial charge in [-0.3, -0.25) is 9.59 Å². The summed E-state index contributed by atoms with van der Waals surface area (Å²) in [4.78, 5) is 24.1. The molecule has 2 rings (SSSR count). The van der Waals surface area contributed by atoms with Gasteiger partial charge in [0, 0.05) is 18.2 Å². The van der Waals surface area contributed by atoms with Gasteiger partial charge >= 0.3 is 0 Å². The van der Waals surface area contributed by atoms with Gasteiger partial charge in [-0.1, -0.05) is 0 Å². The van der Waals surface area contributed by atoms with Crippen LogP contribution in [0.1, 0.15) is 0 Å². The van der Waals surface area contributed by atoms with Crippen molar-refractivity contribution < 1.29 is 19.1 Å². The number of anilines is 1. The van der Waals surface area contributed by atoms with Crippen molar-refractivity contribution in [2.24, 2.45) is 0 Å². The number of hydrogen-bond donors (Lipinski definition) is 0. The predicted molar refractivity (Wildman–Crippen MR) is 61.2 cm³/mol. The molecular weight excluding hydrogens is 222 g/mol. The molecule has 5 heteroatoms. The highest BCUT2D eigenvalue weighted by atomic mass is 16.5. The fraction of sp³-hybridized carbons (Fsp3) is 0.167. The standard InChI is InChI=1S/C12H11NO4/c1-16-8-3-4-9(10(7-8)17-2)13-11(14)5-6-12(13)15/h3-7H,1-2H3. The van der Waals surface area contributed by atoms with Crippen LogP contribution in [-0.4, -0.2) is 26.0 Å². The normalized spacial score (nSPS) is 14.4. The minimum atomic E-state index is -0.376. The van der Waals surface area contributed by atoms with Crippen LogP contribution in [0.5, 0.6) is 11.5 Å². The molecule has 0 radical (unpaired) electrons. The van der Waals surface area contributed by atoms with Gasteiger partial charge in [-0.2, -0.15) is 0 Å². The van der Waals surface area contributed by atoms with E-state index < -0.39 is 0 Å². The summed E-state index contributed by atoms with van der Waals surface area (Å²) in [5, 5.41) is 0. The molecule has 0 unspecified atom stereocenters. The van der Waals surface area contributed by atoms with E-state index in [-0.39, 0.29) is 11.8 Å². The Bertz CT molecular complexity index is 489. The molecule has 1 aromatic carbocycles. The van der Waals surface area contributed by atoms with Crippen molar-refractivity contribution in [2.45, 2.75) is 0 Å². The SMILES string of the molecule is COc1ccc(N2C(=O)C=CC2=O)c(OC)c1. The Morgan fingerprint density at radius 3 is 2.18 bits per heavy atom. The number of amides is 2. The number of nitrogens with zero attached hydrogens (tertiary/aromatic N) is 1. The van der Waals surface area contributed by atoms with Gasteiger partial charge in [0.15, 0.2) is 0 Å². The summed E-state index contributed by atoms with van der Waals surface area (Å²) in [7, 11) is 3.00. The van der Waals surface area contributed by atoms with E-state index in [0.29, 0.717) is 17.2 Å². The van der Waals surface area contributed by atoms with Crippen molar-refractivity contribution in [1.82, 2.24) is 0 Å². The number of hydrogen-bond acceptors (Lipinski definition) is 4. The molecule has 1 aliphatic rings. The van der Waals surface area contributed by atoms with Crippen LogP contribution in [0.2, 0.25) is 0 Å². The summed E-state index contributed by atoms with van der Waals surface area (Å²) in [5.41, 5.74) is 0.410. The van der Waals surface area contributed by atoms with E-state index in [1.54, 1.807) is 18.2 Å². The molecule has 0 fully saturated rings. The molecule has 0 saturated heterocycles. The first-order valence-corrected chi connectivity index (χ1v) is 4.95. The molecule has 0 atom stereocenters. The van der Waals surface area contributed by atoms with Gasteiger partial charge in [-0.15, -0.1) is 0 Å². The highest BCUT2D eigenvalue weighted by Crippen LogP contribution is 2.33. The molecule has 1 aromatic rings. The molecule has 1 aliphatic heterocycles. The van der Waals surface area contributed by atoms with Crippen molar-refractivity contribution >= 4 is 17.5 Å². The quantitative estimate of drug-likeness (QED) is 0.734. The van der Waals surface area contributed by atoms with Crippen LogP contribution in [0.15, 0.2) is 30.4 Å². The molecular formula is C12H11NO4. The van der Waals surface area contributed by atoms with E-state index in [4.69, 9.17) is 9.47 Å². The van der Waals surface area contributed by atoms with Crippen LogP contribution in [-0.2, 0) is 9.59 Å². The minimum absolute atomic E-state index is 0.376. The number of ether oxygens (including phenoxy) is 2. The number of carbonyl (C=O) groups is 2. The Labute approximate surface area is 98.2 Å². The number of rotatable bonds is 3. The van der Waals surface area contributed by atoms with Crippen LogP contribution >= 0.6 is 0 Å². The smallest absolute Gasteiger partial charge is 0.258 e. The first kappa shape index (κ1) is 11.2. The van der Waals surface area contributed by atoms with E-state index in [2.05, 4.69) is 0 Å². The molecule has 0 spiro atoms. The molecule has 0 saturated carbocycles. The van der Waals surface area contributed by atoms with Gasteiger partial charge < -0.3 is 9.47 Å². The van der Waals surface area contributed by atoms with Crippen LogP contribution < -0.4 is 14.4 Å². The molecule has 0 bridgehead atoms. The minimum Gasteiger partial charge on any atom is -0.497 e. The Balaban J connectivity index is 2.45. The average molecular weight is 233 g/mol. The molecule has 0 aliphatic carbocycles. The zero-order valence-electron chi connectivity index (χ0n) is 9.47. The second kappa shape index (κ2) is 4.29. The van der Waals surface area contributed by atoms with Crippen LogP contribution in [0.25, 0.3) is 0 Å². The van der Waals surface area contributed by atoms with Crippen LogP contribution in [0, 0.1) is 0 Å². The van der Waals surface area contributed by atoms with Crippen molar-refractivity contribution in [3.8, 4) is 11.5 Å². The van der Waals surface area contributed by atoms with Gasteiger partial charge in [-0.05, 0) is 12.1 Å². The third-order valence-electron chi connectivity index (χ3n) is 2.44. The summed E-state index contributed by atoms with van der Waals surface area (Å²) >= 11 is 0. The number of methoxy groups -OCH3 is 2. The zero-order valence-corrected chi connectivity index (χ0v) is 9.47. The highest BCUT2D eigenvalue weighted by Gasteiger charge is 2.27. The van der Waals surface area contributed by atoms with Crippen molar-refractivity contribution in [3.63, 3.8) is 0 Å². The average Bonchev–Trinajstić information content (AvgIpc) is 2.68. The molecule has 0 N–H and O–H groups in total. The van der Waals surface area contributed by atoms with Crippen molar-refractivity contribution in [2.75, 3.05) is 19.1 Å². The Kier molecular flexibility index (Phi) is 2.82. The summed E-state index contributed by atoms with van der Waals surface area (Å²) in [6.07, 6.45) is 2.46. The second-order valence-corrected chi connectivity index (χ2v) is 3.38. The predicted octanol–water partition coefficient (Wildman–Crippen LogP) is 1.13. The fourth-order valence-electron chi connectivity index (χ4n) is 1.61. The van der Waals surface area contributed by atoms with E-state index in [1.807, 2.05) is 0 Å². The molecule has 1 heterocycles. The Morgan fingerprint density at radius 2 is 1.65 bits per heavy atom. The van der Waals surface area contributed by atoms with Crippen molar-refractivity contribution in [3.05, 3.63) is 30.4 Å². The number of carbonyl (C=O) groups excluding carboxylic acids is 2. The lowest BCUT2D eigenvalue weighted by atomic mass is 10.2. The van der Waals surface area contributed by atoms with Gasteiger partial charge in [0.2, 0.25) is 0 Å². The molecule has 5 nitrogen and oxygen atoms in total. The lowest BCUT2D eigenvalue weighted by Crippen LogP contribution is -2.29. The van der Waals surface area contributed by atoms with Crippen LogP contribution in [0.3, 0.4) is 0 Å². The van der Waals surface area contributed by atoms with Gasteiger partial charge in [0.1, 0.15) is 11.5 Å². The third-order valence-corrected chi connectivity index (χ3v) is 2.44. The molecule has 88 valence electrons. The number of imide groups is 1.